The number of fused-ring (bicyclic) bond motifs is 1. The van der Waals surface area contributed by atoms with E-state index in [4.69, 9.17) is 4.74 Å². The van der Waals surface area contributed by atoms with Crippen molar-refractivity contribution < 1.29 is 24.2 Å². The number of hydrogen-bond acceptors (Lipinski definition) is 5. The molecule has 1 aliphatic rings. The summed E-state index contributed by atoms with van der Waals surface area (Å²) in [6, 6.07) is 25.6. The lowest BCUT2D eigenvalue weighted by molar-refractivity contribution is -0.141. The Labute approximate surface area is 258 Å². The van der Waals surface area contributed by atoms with Gasteiger partial charge >= 0.3 is 6.09 Å². The summed E-state index contributed by atoms with van der Waals surface area (Å²) in [6.45, 7) is 7.19. The first-order valence-corrected chi connectivity index (χ1v) is 14.9. The molecule has 0 spiro atoms. The summed E-state index contributed by atoms with van der Waals surface area (Å²) >= 11 is 0. The molecule has 2 atom stereocenters. The quantitative estimate of drug-likeness (QED) is 0.201. The zero-order valence-electron chi connectivity index (χ0n) is 25.5. The molecule has 8 heteroatoms. The fourth-order valence-electron chi connectivity index (χ4n) is 5.36. The number of benzene rings is 4. The fraction of sp³-hybridized carbons (Fsp3) is 0.306. The Hall–Kier alpha value is -4.85. The lowest BCUT2D eigenvalue weighted by atomic mass is 9.96. The number of phenolic OH excluding ortho intramolecular Hbond substituents is 1. The van der Waals surface area contributed by atoms with E-state index in [0.717, 1.165) is 34.7 Å². The molecule has 2 unspecified atom stereocenters. The van der Waals surface area contributed by atoms with E-state index >= 15 is 0 Å². The highest BCUT2D eigenvalue weighted by Gasteiger charge is 2.44. The Bertz CT molecular complexity index is 1660. The van der Waals surface area contributed by atoms with Gasteiger partial charge in [0.25, 0.3) is 5.91 Å². The van der Waals surface area contributed by atoms with Crippen molar-refractivity contribution in [2.75, 3.05) is 5.32 Å². The van der Waals surface area contributed by atoms with Crippen LogP contribution < -0.4 is 10.6 Å². The van der Waals surface area contributed by atoms with E-state index in [1.165, 1.54) is 12.1 Å². The monoisotopic (exact) mass is 593 g/mol. The Morgan fingerprint density at radius 2 is 1.57 bits per heavy atom. The smallest absolute Gasteiger partial charge is 0.408 e. The van der Waals surface area contributed by atoms with Crippen LogP contribution >= 0.6 is 0 Å². The zero-order valence-corrected chi connectivity index (χ0v) is 25.5. The van der Waals surface area contributed by atoms with Crippen LogP contribution in [0.1, 0.15) is 56.3 Å². The molecule has 0 radical (unpaired) electrons. The van der Waals surface area contributed by atoms with E-state index < -0.39 is 23.8 Å². The third-order valence-corrected chi connectivity index (χ3v) is 7.59. The fourth-order valence-corrected chi connectivity index (χ4v) is 5.36. The lowest BCUT2D eigenvalue weighted by Crippen LogP contribution is -2.54. The summed E-state index contributed by atoms with van der Waals surface area (Å²) in [4.78, 5) is 43.5. The summed E-state index contributed by atoms with van der Waals surface area (Å²) in [7, 11) is 0. The van der Waals surface area contributed by atoms with Crippen molar-refractivity contribution in [2.24, 2.45) is 0 Å². The second-order valence-corrected chi connectivity index (χ2v) is 12.4. The average molecular weight is 594 g/mol. The van der Waals surface area contributed by atoms with E-state index in [1.54, 1.807) is 37.8 Å². The van der Waals surface area contributed by atoms with E-state index in [9.17, 15) is 19.5 Å². The van der Waals surface area contributed by atoms with Crippen LogP contribution in [-0.4, -0.2) is 45.6 Å². The predicted molar refractivity (Wildman–Crippen MR) is 171 cm³/mol. The van der Waals surface area contributed by atoms with Crippen molar-refractivity contribution in [1.29, 1.82) is 0 Å². The minimum absolute atomic E-state index is 0.0984. The largest absolute Gasteiger partial charge is 0.508 e. The molecule has 1 saturated carbocycles. The number of anilines is 1. The summed E-state index contributed by atoms with van der Waals surface area (Å²) in [6.07, 6.45) is 0.915. The number of rotatable bonds is 9. The molecule has 4 aromatic rings. The maximum atomic E-state index is 14.6. The third kappa shape index (κ3) is 7.56. The van der Waals surface area contributed by atoms with Gasteiger partial charge in [-0.2, -0.15) is 0 Å². The summed E-state index contributed by atoms with van der Waals surface area (Å²) < 4.78 is 5.52. The van der Waals surface area contributed by atoms with Crippen LogP contribution in [0.4, 0.5) is 10.5 Å². The van der Waals surface area contributed by atoms with Gasteiger partial charge < -0.3 is 25.4 Å². The predicted octanol–water partition coefficient (Wildman–Crippen LogP) is 6.66. The van der Waals surface area contributed by atoms with Crippen LogP contribution in [-0.2, 0) is 20.7 Å². The minimum atomic E-state index is -1.02. The van der Waals surface area contributed by atoms with Gasteiger partial charge in [0.15, 0.2) is 0 Å². The van der Waals surface area contributed by atoms with Gasteiger partial charge in [0, 0.05) is 18.2 Å². The molecule has 0 aliphatic heterocycles. The Morgan fingerprint density at radius 1 is 0.909 bits per heavy atom. The van der Waals surface area contributed by atoms with Gasteiger partial charge in [-0.15, -0.1) is 0 Å². The second-order valence-electron chi connectivity index (χ2n) is 12.4. The first kappa shape index (κ1) is 30.6. The number of aryl methyl sites for hydroxylation is 1. The van der Waals surface area contributed by atoms with E-state index in [0.29, 0.717) is 11.3 Å². The molecular weight excluding hydrogens is 554 g/mol. The molecule has 4 aromatic carbocycles. The number of nitrogens with zero attached hydrogens (tertiary/aromatic N) is 1. The molecule has 0 aromatic heterocycles. The number of carbonyl (C=O) groups is 3. The molecule has 3 N–H and O–H groups in total. The van der Waals surface area contributed by atoms with Crippen molar-refractivity contribution in [1.82, 2.24) is 10.2 Å². The van der Waals surface area contributed by atoms with Gasteiger partial charge in [0.2, 0.25) is 5.91 Å². The molecule has 1 fully saturated rings. The minimum Gasteiger partial charge on any atom is -0.508 e. The average Bonchev–Trinajstić information content (AvgIpc) is 3.81. The van der Waals surface area contributed by atoms with Gasteiger partial charge in [-0.3, -0.25) is 9.59 Å². The topological polar surface area (TPSA) is 108 Å². The highest BCUT2D eigenvalue weighted by molar-refractivity contribution is 6.00. The highest BCUT2D eigenvalue weighted by atomic mass is 16.6. The molecule has 5 rings (SSSR count). The maximum Gasteiger partial charge on any atom is 0.408 e. The molecule has 0 bridgehead atoms. The van der Waals surface area contributed by atoms with Crippen molar-refractivity contribution in [3.05, 3.63) is 108 Å². The maximum absolute atomic E-state index is 14.6. The van der Waals surface area contributed by atoms with Gasteiger partial charge in [-0.1, -0.05) is 66.7 Å². The van der Waals surface area contributed by atoms with Crippen LogP contribution in [0.3, 0.4) is 0 Å². The molecule has 3 amide bonds. The van der Waals surface area contributed by atoms with Gasteiger partial charge in [0.05, 0.1) is 0 Å². The number of aromatic hydroxyl groups is 1. The molecule has 0 saturated heterocycles. The van der Waals surface area contributed by atoms with Crippen molar-refractivity contribution in [2.45, 2.75) is 70.7 Å². The van der Waals surface area contributed by atoms with Crippen LogP contribution in [0.5, 0.6) is 5.75 Å². The number of alkyl carbamates (subject to hydrolysis) is 1. The lowest BCUT2D eigenvalue weighted by Gasteiger charge is -2.35. The SMILES string of the molecule is Cc1ccccc1C(C(=O)Nc1ccc2ccccc2c1)N(C(=O)C(Cc1ccc(O)cc1)NC(=O)OC(C)(C)C)C1CC1. The molecular formula is C36H39N3O5. The van der Waals surface area contributed by atoms with E-state index in [2.05, 4.69) is 10.6 Å². The van der Waals surface area contributed by atoms with Crippen LogP contribution in [0.15, 0.2) is 91.0 Å². The summed E-state index contributed by atoms with van der Waals surface area (Å²) in [5, 5.41) is 17.7. The highest BCUT2D eigenvalue weighted by Crippen LogP contribution is 2.37. The molecule has 1 aliphatic carbocycles. The standard InChI is InChI=1S/C36H39N3O5/c1-23-9-5-8-12-30(23)32(33(41)37-27-16-15-25-10-6-7-11-26(25)22-27)39(28-17-18-28)34(42)31(38-35(43)44-36(2,3)4)21-24-13-19-29(40)20-14-24/h5-16,19-20,22,28,31-32,40H,17-18,21H2,1-4H3,(H,37,41)(H,38,43). The Balaban J connectivity index is 1.51. The van der Waals surface area contributed by atoms with Crippen LogP contribution in [0.25, 0.3) is 10.8 Å². The summed E-state index contributed by atoms with van der Waals surface area (Å²) in [5.74, 6) is -0.620. The first-order valence-electron chi connectivity index (χ1n) is 14.9. The van der Waals surface area contributed by atoms with Crippen LogP contribution in [0.2, 0.25) is 0 Å². The number of amides is 3. The number of phenols is 1. The number of nitrogens with one attached hydrogen (secondary N) is 2. The second kappa shape index (κ2) is 12.8. The molecule has 44 heavy (non-hydrogen) atoms. The normalized spacial score (nSPS) is 14.4. The van der Waals surface area contributed by atoms with Crippen molar-refractivity contribution >= 4 is 34.4 Å². The van der Waals surface area contributed by atoms with Gasteiger partial charge in [-0.25, -0.2) is 4.79 Å². The van der Waals surface area contributed by atoms with E-state index in [1.807, 2.05) is 73.7 Å². The molecule has 8 nitrogen and oxygen atoms in total. The van der Waals surface area contributed by atoms with E-state index in [-0.39, 0.29) is 30.0 Å². The zero-order chi connectivity index (χ0) is 31.4. The number of hydrogen-bond donors (Lipinski definition) is 3. The van der Waals surface area contributed by atoms with Crippen molar-refractivity contribution in [3.8, 4) is 5.75 Å². The van der Waals surface area contributed by atoms with Crippen LogP contribution in [0, 0.1) is 6.92 Å². The van der Waals surface area contributed by atoms with Gasteiger partial charge in [-0.05, 0) is 92.3 Å². The van der Waals surface area contributed by atoms with Crippen molar-refractivity contribution in [3.63, 3.8) is 0 Å². The first-order chi connectivity index (χ1) is 21.0. The summed E-state index contributed by atoms with van der Waals surface area (Å²) in [5.41, 5.74) is 2.19. The van der Waals surface area contributed by atoms with Gasteiger partial charge in [0.1, 0.15) is 23.4 Å². The molecule has 0 heterocycles. The number of carbonyl (C=O) groups excluding carboxylic acids is 3. The molecule has 228 valence electrons. The Kier molecular flexibility index (Phi) is 8.90. The third-order valence-electron chi connectivity index (χ3n) is 7.59. The number of ether oxygens (including phenoxy) is 1. The Morgan fingerprint density at radius 3 is 2.23 bits per heavy atom.